The van der Waals surface area contributed by atoms with E-state index in [1.807, 2.05) is 0 Å². The zero-order valence-corrected chi connectivity index (χ0v) is 12.8. The number of carbonyl (C=O) groups is 2. The molecule has 0 atom stereocenters. The molecule has 2 heterocycles. The standard InChI is InChI=1S/C15H14F2N4O3/c1-8-19-13(24-20-8)5-18-14(22)10-6-21(7-10)15(23)9-2-3-11(16)12(17)4-9/h2-4,10H,5-7H2,1H3,(H,18,22). The summed E-state index contributed by atoms with van der Waals surface area (Å²) in [4.78, 5) is 29.4. The van der Waals surface area contributed by atoms with Gasteiger partial charge in [-0.3, -0.25) is 9.59 Å². The SMILES string of the molecule is Cc1noc(CNC(=O)C2CN(C(=O)c3ccc(F)c(F)c3)C2)n1. The van der Waals surface area contributed by atoms with E-state index < -0.39 is 17.5 Å². The molecule has 2 aromatic rings. The molecule has 0 saturated carbocycles. The van der Waals surface area contributed by atoms with E-state index in [-0.39, 0.29) is 37.0 Å². The lowest BCUT2D eigenvalue weighted by atomic mass is 9.98. The van der Waals surface area contributed by atoms with Crippen LogP contribution < -0.4 is 5.32 Å². The first kappa shape index (κ1) is 16.0. The minimum Gasteiger partial charge on any atom is -0.347 e. The maximum absolute atomic E-state index is 13.2. The second-order valence-electron chi connectivity index (χ2n) is 5.49. The predicted molar refractivity (Wildman–Crippen MR) is 76.6 cm³/mol. The largest absolute Gasteiger partial charge is 0.347 e. The number of likely N-dealkylation sites (tertiary alicyclic amines) is 1. The van der Waals surface area contributed by atoms with Crippen LogP contribution in [0.5, 0.6) is 0 Å². The number of rotatable bonds is 4. The molecule has 0 unspecified atom stereocenters. The van der Waals surface area contributed by atoms with E-state index >= 15 is 0 Å². The third-order valence-corrected chi connectivity index (χ3v) is 3.69. The van der Waals surface area contributed by atoms with Crippen LogP contribution in [0, 0.1) is 24.5 Å². The van der Waals surface area contributed by atoms with Gasteiger partial charge in [0.1, 0.15) is 0 Å². The Hall–Kier alpha value is -2.84. The van der Waals surface area contributed by atoms with E-state index in [0.717, 1.165) is 12.1 Å². The van der Waals surface area contributed by atoms with E-state index in [1.54, 1.807) is 6.92 Å². The summed E-state index contributed by atoms with van der Waals surface area (Å²) < 4.78 is 30.9. The molecule has 24 heavy (non-hydrogen) atoms. The molecule has 0 bridgehead atoms. The average molecular weight is 336 g/mol. The van der Waals surface area contributed by atoms with E-state index in [0.29, 0.717) is 11.7 Å². The van der Waals surface area contributed by atoms with Crippen LogP contribution in [0.4, 0.5) is 8.78 Å². The van der Waals surface area contributed by atoms with Gasteiger partial charge in [0, 0.05) is 18.7 Å². The summed E-state index contributed by atoms with van der Waals surface area (Å²) in [6.07, 6.45) is 0. The van der Waals surface area contributed by atoms with Crippen LogP contribution in [0.3, 0.4) is 0 Å². The Bertz CT molecular complexity index is 787. The van der Waals surface area contributed by atoms with Crippen molar-refractivity contribution >= 4 is 11.8 Å². The van der Waals surface area contributed by atoms with Crippen LogP contribution in [0.1, 0.15) is 22.1 Å². The van der Waals surface area contributed by atoms with Crippen molar-refractivity contribution in [3.05, 3.63) is 47.1 Å². The van der Waals surface area contributed by atoms with Gasteiger partial charge in [-0.15, -0.1) is 0 Å². The molecular formula is C15H14F2N4O3. The van der Waals surface area contributed by atoms with Crippen LogP contribution in [0.2, 0.25) is 0 Å². The van der Waals surface area contributed by atoms with Gasteiger partial charge in [0.15, 0.2) is 17.5 Å². The Morgan fingerprint density at radius 2 is 2.08 bits per heavy atom. The second kappa shape index (κ2) is 6.34. The molecule has 1 aliphatic heterocycles. The predicted octanol–water partition coefficient (Wildman–Crippen LogP) is 1.04. The van der Waals surface area contributed by atoms with Crippen LogP contribution in [-0.2, 0) is 11.3 Å². The highest BCUT2D eigenvalue weighted by Crippen LogP contribution is 2.20. The smallest absolute Gasteiger partial charge is 0.254 e. The van der Waals surface area contributed by atoms with Gasteiger partial charge in [-0.2, -0.15) is 4.98 Å². The number of aryl methyl sites for hydroxylation is 1. The van der Waals surface area contributed by atoms with Crippen molar-refractivity contribution in [1.82, 2.24) is 20.4 Å². The summed E-state index contributed by atoms with van der Waals surface area (Å²) in [6, 6.07) is 2.97. The van der Waals surface area contributed by atoms with E-state index in [1.165, 1.54) is 11.0 Å². The third-order valence-electron chi connectivity index (χ3n) is 3.69. The summed E-state index contributed by atoms with van der Waals surface area (Å²) in [5.74, 6) is -2.34. The lowest BCUT2D eigenvalue weighted by Gasteiger charge is -2.38. The second-order valence-corrected chi connectivity index (χ2v) is 5.49. The molecule has 1 aromatic carbocycles. The number of aromatic nitrogens is 2. The number of hydrogen-bond acceptors (Lipinski definition) is 5. The number of hydrogen-bond donors (Lipinski definition) is 1. The summed E-state index contributed by atoms with van der Waals surface area (Å²) in [5.41, 5.74) is 0.0501. The minimum absolute atomic E-state index is 0.0501. The molecule has 126 valence electrons. The van der Waals surface area contributed by atoms with Gasteiger partial charge in [0.05, 0.1) is 12.5 Å². The third kappa shape index (κ3) is 3.24. The monoisotopic (exact) mass is 336 g/mol. The number of amides is 2. The van der Waals surface area contributed by atoms with Crippen molar-refractivity contribution in [2.75, 3.05) is 13.1 Å². The average Bonchev–Trinajstić information content (AvgIpc) is 2.92. The van der Waals surface area contributed by atoms with Gasteiger partial charge < -0.3 is 14.7 Å². The zero-order valence-electron chi connectivity index (χ0n) is 12.8. The first-order valence-electron chi connectivity index (χ1n) is 7.25. The molecule has 9 heteroatoms. The fourth-order valence-corrected chi connectivity index (χ4v) is 2.34. The lowest BCUT2D eigenvalue weighted by molar-refractivity contribution is -0.129. The highest BCUT2D eigenvalue weighted by molar-refractivity contribution is 5.96. The molecular weight excluding hydrogens is 322 g/mol. The molecule has 1 saturated heterocycles. The maximum atomic E-state index is 13.2. The van der Waals surface area contributed by atoms with Crippen LogP contribution in [0.15, 0.2) is 22.7 Å². The van der Waals surface area contributed by atoms with Crippen molar-refractivity contribution in [2.24, 2.45) is 5.92 Å². The van der Waals surface area contributed by atoms with Gasteiger partial charge in [-0.1, -0.05) is 5.16 Å². The number of carbonyl (C=O) groups excluding carboxylic acids is 2. The van der Waals surface area contributed by atoms with Crippen LogP contribution in [-0.4, -0.2) is 39.9 Å². The fraction of sp³-hybridized carbons (Fsp3) is 0.333. The van der Waals surface area contributed by atoms with Crippen molar-refractivity contribution in [1.29, 1.82) is 0 Å². The molecule has 7 nitrogen and oxygen atoms in total. The van der Waals surface area contributed by atoms with Crippen molar-refractivity contribution in [3.8, 4) is 0 Å². The van der Waals surface area contributed by atoms with Gasteiger partial charge in [-0.05, 0) is 25.1 Å². The zero-order chi connectivity index (χ0) is 17.3. The Balaban J connectivity index is 1.50. The molecule has 2 amide bonds. The molecule has 0 aliphatic carbocycles. The van der Waals surface area contributed by atoms with Gasteiger partial charge in [0.2, 0.25) is 11.8 Å². The maximum Gasteiger partial charge on any atom is 0.254 e. The van der Waals surface area contributed by atoms with E-state index in [4.69, 9.17) is 4.52 Å². The van der Waals surface area contributed by atoms with Crippen molar-refractivity contribution in [2.45, 2.75) is 13.5 Å². The van der Waals surface area contributed by atoms with E-state index in [2.05, 4.69) is 15.5 Å². The van der Waals surface area contributed by atoms with Crippen molar-refractivity contribution in [3.63, 3.8) is 0 Å². The Kier molecular flexibility index (Phi) is 4.24. The first-order valence-corrected chi connectivity index (χ1v) is 7.25. The summed E-state index contributed by atoms with van der Waals surface area (Å²) in [6.45, 7) is 2.22. The van der Waals surface area contributed by atoms with Gasteiger partial charge >= 0.3 is 0 Å². The number of nitrogens with one attached hydrogen (secondary N) is 1. The van der Waals surface area contributed by atoms with Gasteiger partial charge in [-0.25, -0.2) is 8.78 Å². The number of benzene rings is 1. The highest BCUT2D eigenvalue weighted by Gasteiger charge is 2.36. The van der Waals surface area contributed by atoms with Crippen LogP contribution >= 0.6 is 0 Å². The fourth-order valence-electron chi connectivity index (χ4n) is 2.34. The van der Waals surface area contributed by atoms with Crippen LogP contribution in [0.25, 0.3) is 0 Å². The molecule has 3 rings (SSSR count). The van der Waals surface area contributed by atoms with E-state index in [9.17, 15) is 18.4 Å². The summed E-state index contributed by atoms with van der Waals surface area (Å²) in [5, 5.41) is 6.26. The highest BCUT2D eigenvalue weighted by atomic mass is 19.2. The topological polar surface area (TPSA) is 88.3 Å². The molecule has 0 radical (unpaired) electrons. The molecule has 1 aromatic heterocycles. The quantitative estimate of drug-likeness (QED) is 0.901. The molecule has 0 spiro atoms. The lowest BCUT2D eigenvalue weighted by Crippen LogP contribution is -2.55. The number of nitrogens with zero attached hydrogens (tertiary/aromatic N) is 3. The van der Waals surface area contributed by atoms with Crippen molar-refractivity contribution < 1.29 is 22.9 Å². The summed E-state index contributed by atoms with van der Waals surface area (Å²) in [7, 11) is 0. The first-order chi connectivity index (χ1) is 11.4. The minimum atomic E-state index is -1.08. The molecule has 1 N–H and O–H groups in total. The molecule has 1 fully saturated rings. The Morgan fingerprint density at radius 1 is 1.33 bits per heavy atom. The molecule has 1 aliphatic rings. The summed E-state index contributed by atoms with van der Waals surface area (Å²) >= 11 is 0. The number of halogens is 2. The van der Waals surface area contributed by atoms with Gasteiger partial charge in [0.25, 0.3) is 5.91 Å². The Labute approximate surface area is 135 Å². The normalized spacial score (nSPS) is 14.4. The Morgan fingerprint density at radius 3 is 2.71 bits per heavy atom.